The monoisotopic (exact) mass is 412 g/mol. The smallest absolute Gasteiger partial charge is 0.274 e. The minimum atomic E-state index is -0.346. The van der Waals surface area contributed by atoms with Gasteiger partial charge >= 0.3 is 0 Å². The summed E-state index contributed by atoms with van der Waals surface area (Å²) in [7, 11) is 0. The molecule has 0 unspecified atom stereocenters. The summed E-state index contributed by atoms with van der Waals surface area (Å²) in [5.74, 6) is -0.346. The van der Waals surface area contributed by atoms with Crippen LogP contribution in [0.2, 0.25) is 0 Å². The molecule has 0 aliphatic rings. The number of benzene rings is 2. The molecule has 3 N–H and O–H groups in total. The number of aromatic nitrogens is 5. The Bertz CT molecular complexity index is 1490. The maximum atomic E-state index is 12.9. The lowest BCUT2D eigenvalue weighted by atomic mass is 10.0. The fourth-order valence-electron chi connectivity index (χ4n) is 3.86. The maximum absolute atomic E-state index is 12.9. The van der Waals surface area contributed by atoms with Crippen molar-refractivity contribution in [1.82, 2.24) is 30.1 Å². The first kappa shape index (κ1) is 18.8. The van der Waals surface area contributed by atoms with Gasteiger partial charge in [0.2, 0.25) is 0 Å². The van der Waals surface area contributed by atoms with Crippen molar-refractivity contribution >= 4 is 22.2 Å². The molecule has 0 aliphatic carbocycles. The molecule has 0 spiro atoms. The Morgan fingerprint density at radius 1 is 1.10 bits per heavy atom. The predicted molar refractivity (Wildman–Crippen MR) is 118 cm³/mol. The van der Waals surface area contributed by atoms with Crippen LogP contribution in [-0.4, -0.2) is 30.7 Å². The van der Waals surface area contributed by atoms with Gasteiger partial charge in [0.1, 0.15) is 5.52 Å². The summed E-state index contributed by atoms with van der Waals surface area (Å²) in [5.41, 5.74) is 3.94. The van der Waals surface area contributed by atoms with Crippen molar-refractivity contribution in [2.24, 2.45) is 0 Å². The average molecular weight is 412 g/mol. The lowest BCUT2D eigenvalue weighted by Crippen LogP contribution is -2.24. The van der Waals surface area contributed by atoms with E-state index >= 15 is 0 Å². The fourth-order valence-corrected chi connectivity index (χ4v) is 3.86. The third kappa shape index (κ3) is 3.18. The van der Waals surface area contributed by atoms with E-state index < -0.39 is 0 Å². The molecule has 154 valence electrons. The SMILES string of the molecule is Cc1c(C(=O)NCc2ccn[nH]2)nn2c(C)c(-c3ccc4ccccc4c3)[nH]c(=O)c12. The van der Waals surface area contributed by atoms with Gasteiger partial charge in [-0.2, -0.15) is 10.2 Å². The number of aryl methyl sites for hydroxylation is 2. The molecule has 0 fully saturated rings. The van der Waals surface area contributed by atoms with Crippen LogP contribution in [0.3, 0.4) is 0 Å². The molecule has 5 rings (SSSR count). The lowest BCUT2D eigenvalue weighted by molar-refractivity contribution is 0.0944. The normalized spacial score (nSPS) is 11.3. The first-order valence-corrected chi connectivity index (χ1v) is 9.91. The van der Waals surface area contributed by atoms with Crippen molar-refractivity contribution in [1.29, 1.82) is 0 Å². The highest BCUT2D eigenvalue weighted by Crippen LogP contribution is 2.26. The summed E-state index contributed by atoms with van der Waals surface area (Å²) in [5, 5.41) is 16.2. The van der Waals surface area contributed by atoms with Crippen LogP contribution in [0.1, 0.15) is 27.4 Å². The van der Waals surface area contributed by atoms with E-state index in [-0.39, 0.29) is 17.2 Å². The number of carbonyl (C=O) groups excluding carboxylic acids is 1. The third-order valence-corrected chi connectivity index (χ3v) is 5.51. The Morgan fingerprint density at radius 3 is 2.68 bits per heavy atom. The highest BCUT2D eigenvalue weighted by Gasteiger charge is 2.21. The first-order valence-electron chi connectivity index (χ1n) is 9.91. The molecule has 1 amide bonds. The first-order chi connectivity index (χ1) is 15.0. The number of nitrogens with zero attached hydrogens (tertiary/aromatic N) is 3. The van der Waals surface area contributed by atoms with Crippen LogP contribution in [0.4, 0.5) is 0 Å². The number of nitrogens with one attached hydrogen (secondary N) is 3. The van der Waals surface area contributed by atoms with E-state index in [1.807, 2.05) is 49.4 Å². The lowest BCUT2D eigenvalue weighted by Gasteiger charge is -2.09. The van der Waals surface area contributed by atoms with E-state index in [0.717, 1.165) is 27.7 Å². The maximum Gasteiger partial charge on any atom is 0.274 e. The van der Waals surface area contributed by atoms with Crippen LogP contribution in [0.15, 0.2) is 59.5 Å². The molecule has 0 saturated heterocycles. The highest BCUT2D eigenvalue weighted by molar-refractivity contribution is 5.95. The molecule has 0 radical (unpaired) electrons. The average Bonchev–Trinajstić information content (AvgIpc) is 3.42. The summed E-state index contributed by atoms with van der Waals surface area (Å²) in [6.07, 6.45) is 1.62. The number of fused-ring (bicyclic) bond motifs is 2. The van der Waals surface area contributed by atoms with Crippen molar-refractivity contribution in [2.75, 3.05) is 0 Å². The Morgan fingerprint density at radius 2 is 1.90 bits per heavy atom. The minimum absolute atomic E-state index is 0.226. The van der Waals surface area contributed by atoms with Gasteiger partial charge in [-0.25, -0.2) is 4.52 Å². The van der Waals surface area contributed by atoms with E-state index in [1.165, 1.54) is 0 Å². The van der Waals surface area contributed by atoms with Gasteiger partial charge in [-0.1, -0.05) is 36.4 Å². The van der Waals surface area contributed by atoms with Crippen LogP contribution in [0, 0.1) is 13.8 Å². The van der Waals surface area contributed by atoms with E-state index in [1.54, 1.807) is 23.7 Å². The molecule has 5 aromatic rings. The van der Waals surface area contributed by atoms with Gasteiger partial charge in [0.05, 0.1) is 23.6 Å². The van der Waals surface area contributed by atoms with Gasteiger partial charge < -0.3 is 10.3 Å². The number of hydrogen-bond donors (Lipinski definition) is 3. The number of carbonyl (C=O) groups is 1. The molecule has 8 heteroatoms. The Kier molecular flexibility index (Phi) is 4.39. The topological polar surface area (TPSA) is 108 Å². The summed E-state index contributed by atoms with van der Waals surface area (Å²) >= 11 is 0. The number of rotatable bonds is 4. The van der Waals surface area contributed by atoms with E-state index in [9.17, 15) is 9.59 Å². The second-order valence-electron chi connectivity index (χ2n) is 7.48. The number of aromatic amines is 2. The zero-order valence-electron chi connectivity index (χ0n) is 17.1. The molecule has 2 aromatic carbocycles. The molecule has 3 heterocycles. The summed E-state index contributed by atoms with van der Waals surface area (Å²) in [4.78, 5) is 28.6. The second kappa shape index (κ2) is 7.24. The van der Waals surface area contributed by atoms with E-state index in [2.05, 4.69) is 25.6 Å². The Hall–Kier alpha value is -4.20. The third-order valence-electron chi connectivity index (χ3n) is 5.51. The van der Waals surface area contributed by atoms with Crippen molar-refractivity contribution in [3.05, 3.63) is 87.7 Å². The van der Waals surface area contributed by atoms with Crippen LogP contribution in [0.25, 0.3) is 27.5 Å². The fraction of sp³-hybridized carbons (Fsp3) is 0.130. The van der Waals surface area contributed by atoms with Gasteiger partial charge in [0.25, 0.3) is 11.5 Å². The molecule has 0 saturated carbocycles. The van der Waals surface area contributed by atoms with E-state index in [4.69, 9.17) is 0 Å². The van der Waals surface area contributed by atoms with Gasteiger partial charge in [-0.05, 0) is 36.8 Å². The Labute approximate surface area is 176 Å². The van der Waals surface area contributed by atoms with Crippen molar-refractivity contribution in [3.63, 3.8) is 0 Å². The van der Waals surface area contributed by atoms with Gasteiger partial charge in [-0.15, -0.1) is 0 Å². The van der Waals surface area contributed by atoms with Crippen LogP contribution < -0.4 is 10.9 Å². The molecule has 31 heavy (non-hydrogen) atoms. The highest BCUT2D eigenvalue weighted by atomic mass is 16.2. The standard InChI is InChI=1S/C23H20N6O2/c1-13-19(22(30)24-12-18-9-10-25-27-18)28-29-14(2)20(26-23(31)21(13)29)17-8-7-15-5-3-4-6-16(15)11-17/h3-11H,12H2,1-2H3,(H,24,30)(H,25,27)(H,26,31). The van der Waals surface area contributed by atoms with Crippen LogP contribution in [-0.2, 0) is 6.54 Å². The molecule has 0 atom stereocenters. The van der Waals surface area contributed by atoms with Gasteiger partial charge in [0, 0.05) is 17.3 Å². The quantitative estimate of drug-likeness (QED) is 0.421. The largest absolute Gasteiger partial charge is 0.345 e. The van der Waals surface area contributed by atoms with Crippen molar-refractivity contribution in [3.8, 4) is 11.3 Å². The molecule has 0 bridgehead atoms. The summed E-state index contributed by atoms with van der Waals surface area (Å²) in [6, 6.07) is 15.9. The molecule has 3 aromatic heterocycles. The van der Waals surface area contributed by atoms with Gasteiger partial charge in [0.15, 0.2) is 5.69 Å². The zero-order valence-corrected chi connectivity index (χ0v) is 17.1. The van der Waals surface area contributed by atoms with Crippen LogP contribution in [0.5, 0.6) is 0 Å². The van der Waals surface area contributed by atoms with Gasteiger partial charge in [-0.3, -0.25) is 14.7 Å². The molecular formula is C23H20N6O2. The number of hydrogen-bond acceptors (Lipinski definition) is 4. The second-order valence-corrected chi connectivity index (χ2v) is 7.48. The predicted octanol–water partition coefficient (Wildman–Crippen LogP) is 3.11. The van der Waals surface area contributed by atoms with Crippen molar-refractivity contribution in [2.45, 2.75) is 20.4 Å². The number of H-pyrrole nitrogens is 2. The number of amides is 1. The van der Waals surface area contributed by atoms with E-state index in [0.29, 0.717) is 23.3 Å². The molecule has 0 aliphatic heterocycles. The molecule has 8 nitrogen and oxygen atoms in total. The Balaban J connectivity index is 1.58. The van der Waals surface area contributed by atoms with Crippen molar-refractivity contribution < 1.29 is 4.79 Å². The summed E-state index contributed by atoms with van der Waals surface area (Å²) < 4.78 is 1.56. The zero-order chi connectivity index (χ0) is 21.5. The minimum Gasteiger partial charge on any atom is -0.345 e. The van der Waals surface area contributed by atoms with Crippen LogP contribution >= 0.6 is 0 Å². The summed E-state index contributed by atoms with van der Waals surface area (Å²) in [6.45, 7) is 3.91. The molecular weight excluding hydrogens is 392 g/mol.